The fraction of sp³-hybridized carbons (Fsp3) is 0.625. The van der Waals surface area contributed by atoms with Crippen molar-refractivity contribution < 1.29 is 4.39 Å². The van der Waals surface area contributed by atoms with Crippen LogP contribution in [0, 0.1) is 11.7 Å². The third-order valence-corrected chi connectivity index (χ3v) is 4.70. The van der Waals surface area contributed by atoms with Crippen LogP contribution in [-0.4, -0.2) is 6.04 Å². The highest BCUT2D eigenvalue weighted by molar-refractivity contribution is 9.10. The molecule has 0 radical (unpaired) electrons. The van der Waals surface area contributed by atoms with Gasteiger partial charge >= 0.3 is 0 Å². The molecule has 0 aromatic heterocycles. The minimum absolute atomic E-state index is 0.195. The average molecular weight is 328 g/mol. The maximum Gasteiger partial charge on any atom is 0.137 e. The molecule has 1 fully saturated rings. The first-order valence-electron chi connectivity index (χ1n) is 7.34. The third kappa shape index (κ3) is 4.88. The van der Waals surface area contributed by atoms with Crippen LogP contribution < -0.4 is 5.73 Å². The summed E-state index contributed by atoms with van der Waals surface area (Å²) in [5, 5.41) is 0. The van der Waals surface area contributed by atoms with Crippen molar-refractivity contribution in [2.45, 2.75) is 57.4 Å². The highest BCUT2D eigenvalue weighted by Gasteiger charge is 2.16. The molecule has 2 N–H and O–H groups in total. The van der Waals surface area contributed by atoms with Gasteiger partial charge in [0.05, 0.1) is 4.47 Å². The van der Waals surface area contributed by atoms with E-state index in [9.17, 15) is 4.39 Å². The Hall–Kier alpha value is -0.410. The number of hydrogen-bond donors (Lipinski definition) is 1. The molecular formula is C16H23BrFN. The van der Waals surface area contributed by atoms with Crippen LogP contribution in [-0.2, 0) is 6.42 Å². The summed E-state index contributed by atoms with van der Waals surface area (Å²) in [6.07, 6.45) is 10.1. The Kier molecular flexibility index (Phi) is 5.83. The maximum atomic E-state index is 13.2. The predicted molar refractivity (Wildman–Crippen MR) is 81.6 cm³/mol. The molecule has 0 heterocycles. The SMILES string of the molecule is NC(Cc1ccc(F)c(Br)c1)CC1CCCCCC1. The molecule has 1 unspecified atom stereocenters. The second kappa shape index (κ2) is 7.39. The van der Waals surface area contributed by atoms with Gasteiger partial charge < -0.3 is 5.73 Å². The van der Waals surface area contributed by atoms with Gasteiger partial charge in [0.2, 0.25) is 0 Å². The highest BCUT2D eigenvalue weighted by atomic mass is 79.9. The lowest BCUT2D eigenvalue weighted by molar-refractivity contribution is 0.387. The molecule has 1 aliphatic carbocycles. The van der Waals surface area contributed by atoms with Gasteiger partial charge in [-0.3, -0.25) is 0 Å². The number of halogens is 2. The summed E-state index contributed by atoms with van der Waals surface area (Å²) in [6.45, 7) is 0. The van der Waals surface area contributed by atoms with Crippen LogP contribution in [0.2, 0.25) is 0 Å². The van der Waals surface area contributed by atoms with Gasteiger partial charge in [-0.1, -0.05) is 44.6 Å². The fourth-order valence-corrected chi connectivity index (χ4v) is 3.51. The molecule has 1 aliphatic rings. The van der Waals surface area contributed by atoms with Crippen molar-refractivity contribution in [2.75, 3.05) is 0 Å². The van der Waals surface area contributed by atoms with Crippen LogP contribution in [0.1, 0.15) is 50.5 Å². The van der Waals surface area contributed by atoms with Crippen molar-refractivity contribution >= 4 is 15.9 Å². The lowest BCUT2D eigenvalue weighted by Gasteiger charge is -2.19. The molecule has 0 aliphatic heterocycles. The van der Waals surface area contributed by atoms with Crippen molar-refractivity contribution in [1.29, 1.82) is 0 Å². The van der Waals surface area contributed by atoms with Crippen molar-refractivity contribution in [2.24, 2.45) is 11.7 Å². The van der Waals surface area contributed by atoms with Crippen LogP contribution in [0.5, 0.6) is 0 Å². The molecule has 0 amide bonds. The summed E-state index contributed by atoms with van der Waals surface area (Å²) in [5.41, 5.74) is 7.39. The first-order valence-corrected chi connectivity index (χ1v) is 8.14. The van der Waals surface area contributed by atoms with Gasteiger partial charge in [-0.2, -0.15) is 0 Å². The Labute approximate surface area is 123 Å². The maximum absolute atomic E-state index is 13.2. The number of nitrogens with two attached hydrogens (primary N) is 1. The van der Waals surface area contributed by atoms with E-state index in [0.717, 1.165) is 24.3 Å². The normalized spacial score (nSPS) is 19.1. The van der Waals surface area contributed by atoms with Crippen molar-refractivity contribution in [3.63, 3.8) is 0 Å². The molecule has 1 atom stereocenters. The van der Waals surface area contributed by atoms with Gasteiger partial charge in [0, 0.05) is 6.04 Å². The van der Waals surface area contributed by atoms with E-state index in [1.165, 1.54) is 44.6 Å². The largest absolute Gasteiger partial charge is 0.327 e. The number of hydrogen-bond acceptors (Lipinski definition) is 1. The zero-order valence-electron chi connectivity index (χ0n) is 11.4. The molecule has 1 aromatic rings. The Bertz CT molecular complexity index is 400. The minimum atomic E-state index is -0.207. The lowest BCUT2D eigenvalue weighted by atomic mass is 9.90. The van der Waals surface area contributed by atoms with E-state index in [2.05, 4.69) is 15.9 Å². The molecule has 19 heavy (non-hydrogen) atoms. The van der Waals surface area contributed by atoms with Gasteiger partial charge in [0.15, 0.2) is 0 Å². The van der Waals surface area contributed by atoms with E-state index in [-0.39, 0.29) is 11.9 Å². The predicted octanol–water partition coefficient (Wildman–Crippen LogP) is 4.82. The van der Waals surface area contributed by atoms with Crippen molar-refractivity contribution in [3.05, 3.63) is 34.1 Å². The van der Waals surface area contributed by atoms with Crippen molar-refractivity contribution in [1.82, 2.24) is 0 Å². The summed E-state index contributed by atoms with van der Waals surface area (Å²) in [5.74, 6) is 0.586. The summed E-state index contributed by atoms with van der Waals surface area (Å²) < 4.78 is 13.7. The fourth-order valence-electron chi connectivity index (χ4n) is 3.08. The molecule has 106 valence electrons. The van der Waals surface area contributed by atoms with E-state index in [4.69, 9.17) is 5.73 Å². The van der Waals surface area contributed by atoms with Crippen LogP contribution in [0.3, 0.4) is 0 Å². The molecule has 2 rings (SSSR count). The molecule has 3 heteroatoms. The Morgan fingerprint density at radius 2 is 1.89 bits per heavy atom. The molecular weight excluding hydrogens is 305 g/mol. The molecule has 0 spiro atoms. The van der Waals surface area contributed by atoms with E-state index in [1.807, 2.05) is 12.1 Å². The van der Waals surface area contributed by atoms with Crippen LogP contribution in [0.25, 0.3) is 0 Å². The molecule has 1 nitrogen and oxygen atoms in total. The van der Waals surface area contributed by atoms with Gasteiger partial charge in [0.1, 0.15) is 5.82 Å². The highest BCUT2D eigenvalue weighted by Crippen LogP contribution is 2.27. The van der Waals surface area contributed by atoms with E-state index >= 15 is 0 Å². The number of rotatable bonds is 4. The van der Waals surface area contributed by atoms with Gasteiger partial charge in [-0.15, -0.1) is 0 Å². The van der Waals surface area contributed by atoms with E-state index in [0.29, 0.717) is 4.47 Å². The smallest absolute Gasteiger partial charge is 0.137 e. The molecule has 0 saturated heterocycles. The monoisotopic (exact) mass is 327 g/mol. The van der Waals surface area contributed by atoms with Gasteiger partial charge in [0.25, 0.3) is 0 Å². The molecule has 1 saturated carbocycles. The molecule has 0 bridgehead atoms. The van der Waals surface area contributed by atoms with E-state index < -0.39 is 0 Å². The summed E-state index contributed by atoms with van der Waals surface area (Å²) in [7, 11) is 0. The summed E-state index contributed by atoms with van der Waals surface area (Å²) in [4.78, 5) is 0. The zero-order valence-corrected chi connectivity index (χ0v) is 13.0. The minimum Gasteiger partial charge on any atom is -0.327 e. The first-order chi connectivity index (χ1) is 9.15. The van der Waals surface area contributed by atoms with Gasteiger partial charge in [-0.05, 0) is 52.4 Å². The lowest BCUT2D eigenvalue weighted by Crippen LogP contribution is -2.26. The quantitative estimate of drug-likeness (QED) is 0.788. The Morgan fingerprint density at radius 3 is 2.53 bits per heavy atom. The third-order valence-electron chi connectivity index (χ3n) is 4.09. The van der Waals surface area contributed by atoms with Crippen LogP contribution >= 0.6 is 15.9 Å². The summed E-state index contributed by atoms with van der Waals surface area (Å²) in [6, 6.07) is 5.40. The standard InChI is InChI=1S/C16H23BrFN/c17-15-11-13(7-8-16(15)18)10-14(19)9-12-5-3-1-2-4-6-12/h7-8,11-12,14H,1-6,9-10,19H2. The zero-order chi connectivity index (χ0) is 13.7. The first kappa shape index (κ1) is 15.0. The van der Waals surface area contributed by atoms with Gasteiger partial charge in [-0.25, -0.2) is 4.39 Å². The number of benzene rings is 1. The summed E-state index contributed by atoms with van der Waals surface area (Å²) >= 11 is 3.23. The Balaban J connectivity index is 1.85. The Morgan fingerprint density at radius 1 is 1.21 bits per heavy atom. The second-order valence-corrected chi connectivity index (χ2v) is 6.66. The van der Waals surface area contributed by atoms with E-state index in [1.54, 1.807) is 0 Å². The topological polar surface area (TPSA) is 26.0 Å². The van der Waals surface area contributed by atoms with Crippen LogP contribution in [0.15, 0.2) is 22.7 Å². The van der Waals surface area contributed by atoms with Crippen molar-refractivity contribution in [3.8, 4) is 0 Å². The van der Waals surface area contributed by atoms with Crippen LogP contribution in [0.4, 0.5) is 4.39 Å². The molecule has 1 aromatic carbocycles. The second-order valence-electron chi connectivity index (χ2n) is 5.81. The average Bonchev–Trinajstić information content (AvgIpc) is 2.62.